The number of morpholine rings is 1. The van der Waals surface area contributed by atoms with Crippen molar-refractivity contribution in [3.8, 4) is 0 Å². The van der Waals surface area contributed by atoms with Gasteiger partial charge in [-0.1, -0.05) is 35.5 Å². The zero-order chi connectivity index (χ0) is 23.5. The topological polar surface area (TPSA) is 105 Å². The lowest BCUT2D eigenvalue weighted by atomic mass is 10.0. The number of nitrogens with zero attached hydrogens (tertiary/aromatic N) is 5. The first-order valence-electron chi connectivity index (χ1n) is 11.4. The van der Waals surface area contributed by atoms with E-state index in [0.29, 0.717) is 70.4 Å². The van der Waals surface area contributed by atoms with Crippen molar-refractivity contribution >= 4 is 27.5 Å². The van der Waals surface area contributed by atoms with Gasteiger partial charge in [-0.25, -0.2) is 13.4 Å². The average Bonchev–Trinajstić information content (AvgIpc) is 3.40. The summed E-state index contributed by atoms with van der Waals surface area (Å²) in [6.07, 6.45) is 1.65. The summed E-state index contributed by atoms with van der Waals surface area (Å²) in [5.74, 6) is 0.594. The lowest BCUT2D eigenvalue weighted by Gasteiger charge is -2.35. The first-order chi connectivity index (χ1) is 16.5. The summed E-state index contributed by atoms with van der Waals surface area (Å²) in [7, 11) is -3.57. The predicted molar refractivity (Wildman–Crippen MR) is 125 cm³/mol. The van der Waals surface area contributed by atoms with Crippen molar-refractivity contribution in [1.82, 2.24) is 14.2 Å². The van der Waals surface area contributed by atoms with Gasteiger partial charge in [0.1, 0.15) is 16.4 Å². The number of pyridine rings is 1. The third kappa shape index (κ3) is 4.63. The molecule has 1 aromatic heterocycles. The Bertz CT molecular complexity index is 1140. The zero-order valence-corrected chi connectivity index (χ0v) is 19.6. The molecular weight excluding hydrogens is 458 g/mol. The second kappa shape index (κ2) is 9.69. The molecule has 4 heterocycles. The number of aromatic nitrogens is 1. The van der Waals surface area contributed by atoms with Gasteiger partial charge in [0.25, 0.3) is 5.91 Å². The lowest BCUT2D eigenvalue weighted by molar-refractivity contribution is -0.124. The third-order valence-electron chi connectivity index (χ3n) is 6.31. The minimum Gasteiger partial charge on any atom is -0.387 e. The molecule has 2 fully saturated rings. The van der Waals surface area contributed by atoms with Crippen LogP contribution < -0.4 is 4.90 Å². The summed E-state index contributed by atoms with van der Waals surface area (Å²) in [6, 6.07) is 13.1. The average molecular weight is 486 g/mol. The fraction of sp³-hybridized carbons (Fsp3) is 0.435. The zero-order valence-electron chi connectivity index (χ0n) is 18.7. The smallest absolute Gasteiger partial charge is 0.271 e. The molecule has 0 saturated carbocycles. The summed E-state index contributed by atoms with van der Waals surface area (Å²) in [5, 5.41) is 4.05. The highest BCUT2D eigenvalue weighted by Gasteiger charge is 2.32. The van der Waals surface area contributed by atoms with Crippen molar-refractivity contribution in [3.63, 3.8) is 0 Å². The standard InChI is InChI=1S/C23H27N5O5S/c29-23(20-16-21(33-25-20)18-4-2-1-3-5-18)27-10-8-26(9-11-27)22-7-6-19(17-24-22)34(30,31)28-12-14-32-15-13-28/h1-7,17,21H,8-16H2/t21-/m1/s1. The van der Waals surface area contributed by atoms with E-state index >= 15 is 0 Å². The van der Waals surface area contributed by atoms with Crippen molar-refractivity contribution in [2.24, 2.45) is 5.16 Å². The van der Waals surface area contributed by atoms with E-state index in [2.05, 4.69) is 15.0 Å². The monoisotopic (exact) mass is 485 g/mol. The summed E-state index contributed by atoms with van der Waals surface area (Å²) in [6.45, 7) is 3.77. The summed E-state index contributed by atoms with van der Waals surface area (Å²) in [5.41, 5.74) is 1.45. The Balaban J connectivity index is 1.16. The van der Waals surface area contributed by atoms with Gasteiger partial charge < -0.3 is 19.4 Å². The normalized spacial score (nSPS) is 21.8. The Morgan fingerprint density at radius 1 is 0.941 bits per heavy atom. The van der Waals surface area contributed by atoms with Gasteiger partial charge in [0.15, 0.2) is 6.10 Å². The molecule has 34 heavy (non-hydrogen) atoms. The second-order valence-corrected chi connectivity index (χ2v) is 10.3. The minimum atomic E-state index is -3.57. The Labute approximate surface area is 198 Å². The molecule has 11 heteroatoms. The number of ether oxygens (including phenoxy) is 1. The van der Waals surface area contributed by atoms with Crippen LogP contribution in [0.15, 0.2) is 58.7 Å². The molecule has 0 aliphatic carbocycles. The van der Waals surface area contributed by atoms with E-state index in [1.165, 1.54) is 10.5 Å². The van der Waals surface area contributed by atoms with Crippen LogP contribution in [-0.2, 0) is 24.4 Å². The lowest BCUT2D eigenvalue weighted by Crippen LogP contribution is -2.50. The molecule has 1 amide bonds. The highest BCUT2D eigenvalue weighted by atomic mass is 32.2. The van der Waals surface area contributed by atoms with Crippen LogP contribution in [0.4, 0.5) is 5.82 Å². The Kier molecular flexibility index (Phi) is 6.48. The van der Waals surface area contributed by atoms with Crippen LogP contribution >= 0.6 is 0 Å². The molecule has 0 bridgehead atoms. The maximum absolute atomic E-state index is 12.9. The molecule has 10 nitrogen and oxygen atoms in total. The number of rotatable bonds is 5. The van der Waals surface area contributed by atoms with Gasteiger partial charge in [0.2, 0.25) is 10.0 Å². The number of amides is 1. The minimum absolute atomic E-state index is 0.0991. The molecule has 0 unspecified atom stereocenters. The van der Waals surface area contributed by atoms with Gasteiger partial charge in [0, 0.05) is 51.9 Å². The molecule has 1 aromatic carbocycles. The number of oxime groups is 1. The second-order valence-electron chi connectivity index (χ2n) is 8.39. The summed E-state index contributed by atoms with van der Waals surface area (Å²) in [4.78, 5) is 26.8. The molecule has 180 valence electrons. The van der Waals surface area contributed by atoms with Crippen LogP contribution in [-0.4, -0.2) is 86.7 Å². The van der Waals surface area contributed by atoms with Crippen LogP contribution in [0.2, 0.25) is 0 Å². The first-order valence-corrected chi connectivity index (χ1v) is 12.8. The molecule has 5 rings (SSSR count). The van der Waals surface area contributed by atoms with Gasteiger partial charge in [-0.3, -0.25) is 4.79 Å². The Morgan fingerprint density at radius 2 is 1.68 bits per heavy atom. The van der Waals surface area contributed by atoms with E-state index in [1.807, 2.05) is 30.3 Å². The van der Waals surface area contributed by atoms with Gasteiger partial charge in [0.05, 0.1) is 13.2 Å². The predicted octanol–water partition coefficient (Wildman–Crippen LogP) is 1.27. The van der Waals surface area contributed by atoms with Crippen LogP contribution in [0, 0.1) is 0 Å². The Hall–Kier alpha value is -3.02. The maximum Gasteiger partial charge on any atom is 0.271 e. The molecule has 0 radical (unpaired) electrons. The number of benzene rings is 1. The number of piperazine rings is 1. The van der Waals surface area contributed by atoms with E-state index in [0.717, 1.165) is 5.56 Å². The Morgan fingerprint density at radius 3 is 2.35 bits per heavy atom. The molecule has 2 saturated heterocycles. The third-order valence-corrected chi connectivity index (χ3v) is 8.19. The van der Waals surface area contributed by atoms with Crippen LogP contribution in [0.3, 0.4) is 0 Å². The van der Waals surface area contributed by atoms with Gasteiger partial charge in [-0.15, -0.1) is 0 Å². The first kappa shape index (κ1) is 22.8. The fourth-order valence-electron chi connectivity index (χ4n) is 4.32. The van der Waals surface area contributed by atoms with Crippen LogP contribution in [0.5, 0.6) is 0 Å². The number of sulfonamides is 1. The number of hydrogen-bond acceptors (Lipinski definition) is 8. The summed E-state index contributed by atoms with van der Waals surface area (Å²) < 4.78 is 32.2. The maximum atomic E-state index is 12.9. The van der Waals surface area contributed by atoms with Crippen molar-refractivity contribution in [1.29, 1.82) is 0 Å². The quantitative estimate of drug-likeness (QED) is 0.628. The SMILES string of the molecule is O=C(C1=NO[C@@H](c2ccccc2)C1)N1CCN(c2ccc(S(=O)(=O)N3CCOCC3)cn2)CC1. The fourth-order valence-corrected chi connectivity index (χ4v) is 5.67. The van der Waals surface area contributed by atoms with E-state index in [9.17, 15) is 13.2 Å². The number of carbonyl (C=O) groups excluding carboxylic acids is 1. The van der Waals surface area contributed by atoms with E-state index in [-0.39, 0.29) is 16.9 Å². The highest BCUT2D eigenvalue weighted by molar-refractivity contribution is 7.89. The van der Waals surface area contributed by atoms with E-state index in [4.69, 9.17) is 9.57 Å². The largest absolute Gasteiger partial charge is 0.387 e. The van der Waals surface area contributed by atoms with Gasteiger partial charge in [-0.2, -0.15) is 4.31 Å². The highest BCUT2D eigenvalue weighted by Crippen LogP contribution is 2.28. The van der Waals surface area contributed by atoms with Gasteiger partial charge in [-0.05, 0) is 17.7 Å². The molecule has 0 spiro atoms. The molecule has 2 aromatic rings. The number of anilines is 1. The molecule has 3 aliphatic heterocycles. The molecule has 0 N–H and O–H groups in total. The number of carbonyl (C=O) groups is 1. The summed E-state index contributed by atoms with van der Waals surface area (Å²) >= 11 is 0. The van der Waals surface area contributed by atoms with Crippen molar-refractivity contribution in [3.05, 3.63) is 54.2 Å². The molecule has 3 aliphatic rings. The van der Waals surface area contributed by atoms with Crippen molar-refractivity contribution in [2.75, 3.05) is 57.4 Å². The molecule has 1 atom stereocenters. The van der Waals surface area contributed by atoms with Gasteiger partial charge >= 0.3 is 0 Å². The van der Waals surface area contributed by atoms with E-state index < -0.39 is 10.0 Å². The number of hydrogen-bond donors (Lipinski definition) is 0. The van der Waals surface area contributed by atoms with Crippen LogP contribution in [0.25, 0.3) is 0 Å². The molecular formula is C23H27N5O5S. The van der Waals surface area contributed by atoms with Crippen molar-refractivity contribution in [2.45, 2.75) is 17.4 Å². The van der Waals surface area contributed by atoms with Crippen molar-refractivity contribution < 1.29 is 22.8 Å². The van der Waals surface area contributed by atoms with E-state index in [1.54, 1.807) is 17.0 Å². The van der Waals surface area contributed by atoms with Crippen LogP contribution in [0.1, 0.15) is 18.1 Å².